The topological polar surface area (TPSA) is 46.3 Å². The molecule has 0 fully saturated rings. The molecule has 0 spiro atoms. The molecule has 0 bridgehead atoms. The summed E-state index contributed by atoms with van der Waals surface area (Å²) < 4.78 is 14.1. The number of para-hydroxylation sites is 1. The minimum absolute atomic E-state index is 0.0136. The summed E-state index contributed by atoms with van der Waals surface area (Å²) in [5.74, 6) is 4.38. The van der Waals surface area contributed by atoms with Gasteiger partial charge in [0.25, 0.3) is 5.91 Å². The highest BCUT2D eigenvalue weighted by molar-refractivity contribution is 6.05. The van der Waals surface area contributed by atoms with Crippen LogP contribution < -0.4 is 10.6 Å². The molecule has 0 aromatic heterocycles. The third-order valence-electron chi connectivity index (χ3n) is 2.98. The Labute approximate surface area is 123 Å². The largest absolute Gasteiger partial charge is 0.320 e. The highest BCUT2D eigenvalue weighted by Gasteiger charge is 2.17. The Morgan fingerprint density at radius 3 is 2.57 bits per heavy atom. The first-order valence-electron chi connectivity index (χ1n) is 6.45. The zero-order chi connectivity index (χ0) is 15.2. The number of hydrogen-bond acceptors (Lipinski definition) is 2. The molecule has 0 radical (unpaired) electrons. The summed E-state index contributed by atoms with van der Waals surface area (Å²) in [5.41, 5.74) is 6.48. The second kappa shape index (κ2) is 6.69. The molecule has 21 heavy (non-hydrogen) atoms. The van der Waals surface area contributed by atoms with E-state index in [9.17, 15) is 9.18 Å². The predicted molar refractivity (Wildman–Crippen MR) is 81.5 cm³/mol. The number of carbonyl (C=O) groups excluding carboxylic acids is 1. The van der Waals surface area contributed by atoms with E-state index in [1.807, 2.05) is 18.2 Å². The van der Waals surface area contributed by atoms with E-state index in [4.69, 9.17) is 5.73 Å². The number of carbonyl (C=O) groups is 1. The van der Waals surface area contributed by atoms with Crippen molar-refractivity contribution < 1.29 is 9.18 Å². The van der Waals surface area contributed by atoms with E-state index in [1.54, 1.807) is 25.2 Å². The quantitative estimate of drug-likeness (QED) is 0.860. The van der Waals surface area contributed by atoms with Crippen LogP contribution in [0.3, 0.4) is 0 Å². The molecule has 3 nitrogen and oxygen atoms in total. The van der Waals surface area contributed by atoms with Crippen LogP contribution in [0.1, 0.15) is 15.9 Å². The molecule has 0 aliphatic heterocycles. The van der Waals surface area contributed by atoms with Crippen LogP contribution in [0.2, 0.25) is 0 Å². The zero-order valence-corrected chi connectivity index (χ0v) is 11.6. The molecule has 2 rings (SSSR count). The smallest absolute Gasteiger partial charge is 0.260 e. The Kier molecular flexibility index (Phi) is 4.70. The highest BCUT2D eigenvalue weighted by atomic mass is 19.1. The van der Waals surface area contributed by atoms with Gasteiger partial charge in [-0.15, -0.1) is 0 Å². The van der Waals surface area contributed by atoms with E-state index in [0.717, 1.165) is 0 Å². The lowest BCUT2D eigenvalue weighted by Gasteiger charge is -2.17. The van der Waals surface area contributed by atoms with Gasteiger partial charge in [-0.25, -0.2) is 4.39 Å². The van der Waals surface area contributed by atoms with Gasteiger partial charge >= 0.3 is 0 Å². The van der Waals surface area contributed by atoms with Crippen LogP contribution in [0.4, 0.5) is 10.1 Å². The van der Waals surface area contributed by atoms with E-state index >= 15 is 0 Å². The summed E-state index contributed by atoms with van der Waals surface area (Å²) in [6.07, 6.45) is 0. The number of halogens is 1. The number of amides is 1. The van der Waals surface area contributed by atoms with Gasteiger partial charge in [-0.2, -0.15) is 0 Å². The Morgan fingerprint density at radius 2 is 1.95 bits per heavy atom. The highest BCUT2D eigenvalue weighted by Crippen LogP contribution is 2.17. The number of nitrogens with two attached hydrogens (primary N) is 1. The summed E-state index contributed by atoms with van der Waals surface area (Å²) in [7, 11) is 1.61. The number of nitrogens with zero attached hydrogens (tertiary/aromatic N) is 1. The summed E-state index contributed by atoms with van der Waals surface area (Å²) in [6, 6.07) is 13.4. The molecule has 0 heterocycles. The van der Waals surface area contributed by atoms with Crippen LogP contribution in [0, 0.1) is 17.7 Å². The Balaban J connectivity index is 2.27. The van der Waals surface area contributed by atoms with Gasteiger partial charge in [0.1, 0.15) is 5.82 Å². The van der Waals surface area contributed by atoms with Gasteiger partial charge in [-0.3, -0.25) is 4.79 Å². The van der Waals surface area contributed by atoms with Gasteiger partial charge < -0.3 is 10.6 Å². The molecule has 0 aliphatic carbocycles. The van der Waals surface area contributed by atoms with Crippen LogP contribution >= 0.6 is 0 Å². The third kappa shape index (κ3) is 3.47. The summed E-state index contributed by atoms with van der Waals surface area (Å²) in [6.45, 7) is 0.207. The van der Waals surface area contributed by atoms with Crippen molar-refractivity contribution in [3.8, 4) is 11.8 Å². The van der Waals surface area contributed by atoms with Gasteiger partial charge in [-0.05, 0) is 30.3 Å². The summed E-state index contributed by atoms with van der Waals surface area (Å²) in [4.78, 5) is 13.7. The minimum atomic E-state index is -0.591. The minimum Gasteiger partial charge on any atom is -0.320 e. The van der Waals surface area contributed by atoms with Gasteiger partial charge in [0.2, 0.25) is 0 Å². The van der Waals surface area contributed by atoms with Crippen molar-refractivity contribution >= 4 is 11.6 Å². The van der Waals surface area contributed by atoms with Crippen molar-refractivity contribution in [1.82, 2.24) is 0 Å². The van der Waals surface area contributed by atoms with Crippen LogP contribution in [-0.2, 0) is 0 Å². The fourth-order valence-electron chi connectivity index (χ4n) is 1.87. The fraction of sp³-hybridized carbons (Fsp3) is 0.118. The van der Waals surface area contributed by atoms with Gasteiger partial charge in [-0.1, -0.05) is 30.0 Å². The van der Waals surface area contributed by atoms with E-state index < -0.39 is 11.7 Å². The van der Waals surface area contributed by atoms with Crippen molar-refractivity contribution in [1.29, 1.82) is 0 Å². The first-order valence-corrected chi connectivity index (χ1v) is 6.45. The van der Waals surface area contributed by atoms with Crippen molar-refractivity contribution in [3.05, 3.63) is 65.5 Å². The second-order valence-corrected chi connectivity index (χ2v) is 4.40. The van der Waals surface area contributed by atoms with E-state index in [1.165, 1.54) is 17.0 Å². The lowest BCUT2D eigenvalue weighted by molar-refractivity contribution is 0.0989. The van der Waals surface area contributed by atoms with E-state index in [-0.39, 0.29) is 12.1 Å². The molecule has 0 atom stereocenters. The van der Waals surface area contributed by atoms with Gasteiger partial charge in [0, 0.05) is 18.3 Å². The Morgan fingerprint density at radius 1 is 1.24 bits per heavy atom. The van der Waals surface area contributed by atoms with E-state index in [2.05, 4.69) is 11.8 Å². The van der Waals surface area contributed by atoms with Gasteiger partial charge in [0.15, 0.2) is 0 Å². The third-order valence-corrected chi connectivity index (χ3v) is 2.98. The van der Waals surface area contributed by atoms with Crippen molar-refractivity contribution in [2.75, 3.05) is 18.5 Å². The molecule has 0 saturated heterocycles. The Hall–Kier alpha value is -2.64. The predicted octanol–water partition coefficient (Wildman–Crippen LogP) is 2.41. The molecule has 4 heteroatoms. The fourth-order valence-corrected chi connectivity index (χ4v) is 1.87. The molecular weight excluding hydrogens is 267 g/mol. The maximum atomic E-state index is 14.1. The first kappa shape index (κ1) is 14.8. The van der Waals surface area contributed by atoms with Gasteiger partial charge in [0.05, 0.1) is 12.1 Å². The van der Waals surface area contributed by atoms with Crippen molar-refractivity contribution in [2.45, 2.75) is 0 Å². The van der Waals surface area contributed by atoms with Crippen LogP contribution in [0.15, 0.2) is 48.5 Å². The van der Waals surface area contributed by atoms with Crippen LogP contribution in [0.25, 0.3) is 0 Å². The average Bonchev–Trinajstić information content (AvgIpc) is 2.52. The summed E-state index contributed by atoms with van der Waals surface area (Å²) in [5, 5.41) is 0. The van der Waals surface area contributed by atoms with Crippen LogP contribution in [-0.4, -0.2) is 19.5 Å². The molecule has 2 N–H and O–H groups in total. The maximum absolute atomic E-state index is 14.1. The van der Waals surface area contributed by atoms with Crippen LogP contribution in [0.5, 0.6) is 0 Å². The number of hydrogen-bond donors (Lipinski definition) is 1. The Bertz CT molecular complexity index is 702. The molecule has 0 aliphatic rings. The molecule has 106 valence electrons. The lowest BCUT2D eigenvalue weighted by Crippen LogP contribution is -2.27. The second-order valence-electron chi connectivity index (χ2n) is 4.40. The maximum Gasteiger partial charge on any atom is 0.260 e. The van der Waals surface area contributed by atoms with E-state index in [0.29, 0.717) is 11.3 Å². The number of benzene rings is 2. The SMILES string of the molecule is CN(C(=O)c1ccc(C#CCN)cc1F)c1ccccc1. The molecule has 2 aromatic rings. The number of rotatable bonds is 2. The molecule has 1 amide bonds. The first-order chi connectivity index (χ1) is 10.1. The molecule has 0 saturated carbocycles. The molecule has 2 aromatic carbocycles. The van der Waals surface area contributed by atoms with Crippen molar-refractivity contribution in [2.24, 2.45) is 5.73 Å². The zero-order valence-electron chi connectivity index (χ0n) is 11.6. The average molecular weight is 282 g/mol. The normalized spacial score (nSPS) is 9.67. The monoisotopic (exact) mass is 282 g/mol. The molecular formula is C17H15FN2O. The standard InChI is InChI=1S/C17H15FN2O/c1-20(14-7-3-2-4-8-14)17(21)15-10-9-13(6-5-11-19)12-16(15)18/h2-4,7-10,12H,11,19H2,1H3. The number of anilines is 1. The summed E-state index contributed by atoms with van der Waals surface area (Å²) >= 11 is 0. The van der Waals surface area contributed by atoms with Crippen molar-refractivity contribution in [3.63, 3.8) is 0 Å². The molecule has 0 unspecified atom stereocenters. The lowest BCUT2D eigenvalue weighted by atomic mass is 10.1.